The van der Waals surface area contributed by atoms with Gasteiger partial charge >= 0.3 is 6.09 Å². The van der Waals surface area contributed by atoms with E-state index in [-0.39, 0.29) is 11.9 Å². The summed E-state index contributed by atoms with van der Waals surface area (Å²) in [5.41, 5.74) is 9.05. The van der Waals surface area contributed by atoms with Gasteiger partial charge in [-0.2, -0.15) is 5.10 Å². The van der Waals surface area contributed by atoms with E-state index in [0.717, 1.165) is 70.2 Å². The molecule has 10 heteroatoms. The Morgan fingerprint density at radius 1 is 1.18 bits per heavy atom. The van der Waals surface area contributed by atoms with Crippen molar-refractivity contribution < 1.29 is 19.1 Å². The Morgan fingerprint density at radius 2 is 2.00 bits per heavy atom. The average molecular weight is 543 g/mol. The number of hydrogen-bond acceptors (Lipinski definition) is 6. The SMILES string of the molecule is CC(C)n1c2ccc(NC(=O)OCCN3CCOCC3)cc2c2c3c(c4c(c21)CCc1nn(C)cc1-4)C(=O)NC3. The summed E-state index contributed by atoms with van der Waals surface area (Å²) in [5.74, 6) is -0.0339. The van der Waals surface area contributed by atoms with Crippen molar-refractivity contribution in [3.05, 3.63) is 46.8 Å². The summed E-state index contributed by atoms with van der Waals surface area (Å²) in [4.78, 5) is 28.2. The number of carbonyl (C=O) groups excluding carboxylic acids is 2. The number of fused-ring (bicyclic) bond motifs is 10. The van der Waals surface area contributed by atoms with Crippen LogP contribution in [0.1, 0.15) is 47.1 Å². The van der Waals surface area contributed by atoms with Crippen molar-refractivity contribution in [1.29, 1.82) is 0 Å². The quantitative estimate of drug-likeness (QED) is 0.395. The highest BCUT2D eigenvalue weighted by atomic mass is 16.5. The highest BCUT2D eigenvalue weighted by molar-refractivity contribution is 6.20. The second-order valence-electron chi connectivity index (χ2n) is 11.2. The molecule has 4 heterocycles. The van der Waals surface area contributed by atoms with Crippen molar-refractivity contribution in [2.75, 3.05) is 44.8 Å². The summed E-state index contributed by atoms with van der Waals surface area (Å²) in [5, 5.41) is 12.8. The van der Waals surface area contributed by atoms with Crippen molar-refractivity contribution in [2.45, 2.75) is 39.3 Å². The Kier molecular flexibility index (Phi) is 6.05. The molecule has 7 rings (SSSR count). The van der Waals surface area contributed by atoms with Crippen molar-refractivity contribution in [2.24, 2.45) is 7.05 Å². The van der Waals surface area contributed by atoms with Crippen LogP contribution in [-0.2, 0) is 35.9 Å². The number of amides is 2. The van der Waals surface area contributed by atoms with E-state index in [1.165, 1.54) is 11.1 Å². The van der Waals surface area contributed by atoms with Crippen LogP contribution >= 0.6 is 0 Å². The van der Waals surface area contributed by atoms with Crippen LogP contribution in [0, 0.1) is 0 Å². The third kappa shape index (κ3) is 3.97. The van der Waals surface area contributed by atoms with Gasteiger partial charge < -0.3 is 19.4 Å². The van der Waals surface area contributed by atoms with Crippen LogP contribution in [-0.4, -0.2) is 70.7 Å². The van der Waals surface area contributed by atoms with Gasteiger partial charge in [-0.1, -0.05) is 0 Å². The lowest BCUT2D eigenvalue weighted by Gasteiger charge is -2.26. The number of carbonyl (C=O) groups is 2. The van der Waals surface area contributed by atoms with Crippen molar-refractivity contribution >= 4 is 39.5 Å². The van der Waals surface area contributed by atoms with Gasteiger partial charge in [0.2, 0.25) is 0 Å². The molecule has 2 aliphatic heterocycles. The maximum Gasteiger partial charge on any atom is 0.411 e. The van der Waals surface area contributed by atoms with E-state index >= 15 is 0 Å². The molecule has 0 radical (unpaired) electrons. The third-order valence-corrected chi connectivity index (χ3v) is 8.39. The maximum absolute atomic E-state index is 13.3. The summed E-state index contributed by atoms with van der Waals surface area (Å²) in [6.45, 7) is 9.02. The molecule has 2 N–H and O–H groups in total. The Bertz CT molecular complexity index is 1680. The number of aryl methyl sites for hydroxylation is 3. The summed E-state index contributed by atoms with van der Waals surface area (Å²) in [6, 6.07) is 6.22. The van der Waals surface area contributed by atoms with E-state index in [0.29, 0.717) is 38.6 Å². The molecule has 0 unspecified atom stereocenters. The minimum atomic E-state index is -0.469. The number of nitrogens with one attached hydrogen (secondary N) is 2. The van der Waals surface area contributed by atoms with E-state index < -0.39 is 6.09 Å². The smallest absolute Gasteiger partial charge is 0.411 e. The van der Waals surface area contributed by atoms with Gasteiger partial charge in [0.15, 0.2) is 0 Å². The molecule has 4 aromatic rings. The number of nitrogens with zero attached hydrogens (tertiary/aromatic N) is 4. The number of hydrogen-bond donors (Lipinski definition) is 2. The molecular weight excluding hydrogens is 508 g/mol. The molecule has 10 nitrogen and oxygen atoms in total. The molecule has 40 heavy (non-hydrogen) atoms. The van der Waals surface area contributed by atoms with Gasteiger partial charge in [0.1, 0.15) is 6.61 Å². The van der Waals surface area contributed by atoms with Crippen LogP contribution in [0.4, 0.5) is 10.5 Å². The molecule has 0 bridgehead atoms. The Hall–Kier alpha value is -3.89. The molecule has 2 aromatic heterocycles. The molecule has 3 aliphatic rings. The van der Waals surface area contributed by atoms with Gasteiger partial charge in [-0.15, -0.1) is 0 Å². The average Bonchev–Trinajstić information content (AvgIpc) is 3.61. The second kappa shape index (κ2) is 9.64. The third-order valence-electron chi connectivity index (χ3n) is 8.39. The summed E-state index contributed by atoms with van der Waals surface area (Å²) in [7, 11) is 1.93. The molecular formula is C30H34N6O4. The topological polar surface area (TPSA) is 103 Å². The van der Waals surface area contributed by atoms with Crippen LogP contribution in [0.15, 0.2) is 24.4 Å². The van der Waals surface area contributed by atoms with E-state index in [1.54, 1.807) is 0 Å². The number of aromatic nitrogens is 3. The number of benzene rings is 2. The summed E-state index contributed by atoms with van der Waals surface area (Å²) in [6.07, 6.45) is 3.23. The highest BCUT2D eigenvalue weighted by Crippen LogP contribution is 2.47. The fourth-order valence-electron chi connectivity index (χ4n) is 6.72. The molecule has 2 amide bonds. The first kappa shape index (κ1) is 25.1. The molecule has 208 valence electrons. The van der Waals surface area contributed by atoms with Crippen LogP contribution in [0.25, 0.3) is 32.9 Å². The number of anilines is 1. The Balaban J connectivity index is 1.31. The van der Waals surface area contributed by atoms with Crippen LogP contribution in [0.3, 0.4) is 0 Å². The first-order valence-electron chi connectivity index (χ1n) is 14.1. The van der Waals surface area contributed by atoms with E-state index in [4.69, 9.17) is 9.47 Å². The lowest BCUT2D eigenvalue weighted by Crippen LogP contribution is -2.38. The van der Waals surface area contributed by atoms with Crippen molar-refractivity contribution in [3.63, 3.8) is 0 Å². The maximum atomic E-state index is 13.3. The molecule has 1 aliphatic carbocycles. The van der Waals surface area contributed by atoms with Gasteiger partial charge in [-0.3, -0.25) is 19.7 Å². The van der Waals surface area contributed by atoms with Gasteiger partial charge in [0.25, 0.3) is 5.91 Å². The van der Waals surface area contributed by atoms with E-state index in [1.807, 2.05) is 30.1 Å². The normalized spacial score (nSPS) is 16.8. The lowest BCUT2D eigenvalue weighted by atomic mass is 9.82. The largest absolute Gasteiger partial charge is 0.448 e. The minimum Gasteiger partial charge on any atom is -0.448 e. The zero-order chi connectivity index (χ0) is 27.5. The molecule has 2 aromatic carbocycles. The standard InChI is InChI=1S/C30H34N6O4/c1-17(2)36-24-7-4-18(32-30(38)40-13-10-35-8-11-39-12-9-35)14-20(24)26-21-15-31-29(37)27(21)25-19(28(26)36)5-6-23-22(25)16-34(3)33-23/h4,7,14,16-17H,5-6,8-13,15H2,1-3H3,(H,31,37)(H,32,38). The number of rotatable bonds is 5. The van der Waals surface area contributed by atoms with Crippen LogP contribution in [0.5, 0.6) is 0 Å². The van der Waals surface area contributed by atoms with Gasteiger partial charge in [0, 0.05) is 78.6 Å². The highest BCUT2D eigenvalue weighted by Gasteiger charge is 2.35. The molecule has 0 spiro atoms. The monoisotopic (exact) mass is 542 g/mol. The zero-order valence-electron chi connectivity index (χ0n) is 23.2. The van der Waals surface area contributed by atoms with E-state index in [9.17, 15) is 9.59 Å². The van der Waals surface area contributed by atoms with Crippen molar-refractivity contribution in [1.82, 2.24) is 24.6 Å². The first-order valence-corrected chi connectivity index (χ1v) is 14.1. The predicted octanol–water partition coefficient (Wildman–Crippen LogP) is 4.00. The molecule has 1 fully saturated rings. The first-order chi connectivity index (χ1) is 19.4. The summed E-state index contributed by atoms with van der Waals surface area (Å²) >= 11 is 0. The zero-order valence-corrected chi connectivity index (χ0v) is 23.2. The van der Waals surface area contributed by atoms with E-state index in [2.05, 4.69) is 45.1 Å². The predicted molar refractivity (Wildman–Crippen MR) is 153 cm³/mol. The Labute approximate surface area is 232 Å². The molecule has 1 saturated heterocycles. The van der Waals surface area contributed by atoms with Gasteiger partial charge in [0.05, 0.1) is 30.0 Å². The van der Waals surface area contributed by atoms with Crippen molar-refractivity contribution in [3.8, 4) is 11.1 Å². The lowest BCUT2D eigenvalue weighted by molar-refractivity contribution is 0.0290. The second-order valence-corrected chi connectivity index (χ2v) is 11.2. The Morgan fingerprint density at radius 3 is 2.80 bits per heavy atom. The minimum absolute atomic E-state index is 0.0339. The number of ether oxygens (including phenoxy) is 2. The van der Waals surface area contributed by atoms with Crippen LogP contribution in [0.2, 0.25) is 0 Å². The summed E-state index contributed by atoms with van der Waals surface area (Å²) < 4.78 is 15.1. The van der Waals surface area contributed by atoms with Gasteiger partial charge in [-0.25, -0.2) is 4.79 Å². The van der Waals surface area contributed by atoms with Gasteiger partial charge in [-0.05, 0) is 56.0 Å². The van der Waals surface area contributed by atoms with Crippen LogP contribution < -0.4 is 10.6 Å². The fourth-order valence-corrected chi connectivity index (χ4v) is 6.72. The molecule has 0 saturated carbocycles. The molecule has 0 atom stereocenters. The fraction of sp³-hybridized carbons (Fsp3) is 0.433. The number of morpholine rings is 1.